The zero-order valence-electron chi connectivity index (χ0n) is 12.2. The second-order valence-corrected chi connectivity index (χ2v) is 7.42. The molecule has 1 aromatic carbocycles. The van der Waals surface area contributed by atoms with Gasteiger partial charge in [0.15, 0.2) is 5.13 Å². The van der Waals surface area contributed by atoms with Gasteiger partial charge in [-0.1, -0.05) is 36.8 Å². The molecule has 0 spiro atoms. The maximum Gasteiger partial charge on any atom is 0.347 e. The molecule has 1 heterocycles. The lowest BCUT2D eigenvalue weighted by molar-refractivity contribution is 0.0701. The van der Waals surface area contributed by atoms with Crippen LogP contribution in [0.4, 0.5) is 5.13 Å². The molecular weight excluding hydrogens is 324 g/mol. The van der Waals surface area contributed by atoms with E-state index in [0.717, 1.165) is 29.7 Å². The Morgan fingerprint density at radius 3 is 2.45 bits per heavy atom. The molecule has 22 heavy (non-hydrogen) atoms. The van der Waals surface area contributed by atoms with Crippen LogP contribution in [0.25, 0.3) is 0 Å². The molecule has 0 aliphatic heterocycles. The number of aryl methyl sites for hydroxylation is 2. The number of nitrogens with zero attached hydrogens (tertiary/aromatic N) is 1. The number of aromatic carboxylic acids is 1. The molecule has 2 aromatic rings. The smallest absolute Gasteiger partial charge is 0.347 e. The Kier molecular flexibility index (Phi) is 4.82. The van der Waals surface area contributed by atoms with Crippen molar-refractivity contribution in [3.63, 3.8) is 0 Å². The first-order valence-electron chi connectivity index (χ1n) is 6.66. The fourth-order valence-electron chi connectivity index (χ4n) is 1.94. The van der Waals surface area contributed by atoms with E-state index in [2.05, 4.69) is 16.6 Å². The molecule has 2 rings (SSSR count). The van der Waals surface area contributed by atoms with Gasteiger partial charge in [0.25, 0.3) is 10.0 Å². The van der Waals surface area contributed by atoms with E-state index in [0.29, 0.717) is 0 Å². The van der Waals surface area contributed by atoms with Crippen LogP contribution in [-0.2, 0) is 16.4 Å². The van der Waals surface area contributed by atoms with Gasteiger partial charge in [-0.25, -0.2) is 18.2 Å². The molecule has 0 radical (unpaired) electrons. The summed E-state index contributed by atoms with van der Waals surface area (Å²) >= 11 is 0.799. The van der Waals surface area contributed by atoms with Gasteiger partial charge in [0.2, 0.25) is 0 Å². The summed E-state index contributed by atoms with van der Waals surface area (Å²) in [6.07, 6.45) is 1.88. The number of nitrogens with one attached hydrogen (secondary N) is 1. The van der Waals surface area contributed by atoms with Crippen LogP contribution in [0.1, 0.15) is 34.3 Å². The van der Waals surface area contributed by atoms with Gasteiger partial charge in [-0.05, 0) is 31.0 Å². The minimum absolute atomic E-state index is 0.0241. The van der Waals surface area contributed by atoms with Crippen molar-refractivity contribution in [1.82, 2.24) is 4.98 Å². The third kappa shape index (κ3) is 3.63. The molecule has 2 N–H and O–H groups in total. The van der Waals surface area contributed by atoms with E-state index in [9.17, 15) is 13.2 Å². The number of rotatable bonds is 6. The van der Waals surface area contributed by atoms with Gasteiger partial charge in [0, 0.05) is 0 Å². The van der Waals surface area contributed by atoms with Crippen LogP contribution >= 0.6 is 11.3 Å². The Balaban J connectivity index is 2.23. The first-order valence-corrected chi connectivity index (χ1v) is 8.96. The van der Waals surface area contributed by atoms with E-state index in [4.69, 9.17) is 5.11 Å². The first-order chi connectivity index (χ1) is 10.3. The summed E-state index contributed by atoms with van der Waals surface area (Å²) in [4.78, 5) is 15.0. The summed E-state index contributed by atoms with van der Waals surface area (Å²) in [6, 6.07) is 6.61. The number of carbonyl (C=O) groups is 1. The molecule has 0 saturated heterocycles. The second-order valence-electron chi connectivity index (χ2n) is 4.74. The SMILES string of the molecule is CCCc1ccc(S(=O)(=O)Nc2nc(C)c(C(=O)O)s2)cc1. The molecule has 6 nitrogen and oxygen atoms in total. The third-order valence-electron chi connectivity index (χ3n) is 2.98. The summed E-state index contributed by atoms with van der Waals surface area (Å²) in [7, 11) is -3.77. The molecule has 1 aromatic heterocycles. The van der Waals surface area contributed by atoms with Crippen LogP contribution in [0.15, 0.2) is 29.2 Å². The number of thiazole rings is 1. The monoisotopic (exact) mass is 340 g/mol. The van der Waals surface area contributed by atoms with Crippen LogP contribution < -0.4 is 4.72 Å². The van der Waals surface area contributed by atoms with E-state index < -0.39 is 16.0 Å². The lowest BCUT2D eigenvalue weighted by Crippen LogP contribution is -2.12. The number of carboxylic acids is 1. The molecule has 0 aliphatic rings. The molecule has 8 heteroatoms. The van der Waals surface area contributed by atoms with Crippen LogP contribution in [0.2, 0.25) is 0 Å². The van der Waals surface area contributed by atoms with Gasteiger partial charge in [-0.2, -0.15) is 0 Å². The minimum atomic E-state index is -3.77. The van der Waals surface area contributed by atoms with Crippen LogP contribution in [0.3, 0.4) is 0 Å². The van der Waals surface area contributed by atoms with Crippen molar-refractivity contribution in [2.45, 2.75) is 31.6 Å². The third-order valence-corrected chi connectivity index (χ3v) is 5.53. The van der Waals surface area contributed by atoms with Crippen LogP contribution in [-0.4, -0.2) is 24.5 Å². The quantitative estimate of drug-likeness (QED) is 0.843. The van der Waals surface area contributed by atoms with E-state index >= 15 is 0 Å². The number of hydrogen-bond acceptors (Lipinski definition) is 5. The second kappa shape index (κ2) is 6.45. The standard InChI is InChI=1S/C14H16N2O4S2/c1-3-4-10-5-7-11(8-6-10)22(19,20)16-14-15-9(2)12(21-14)13(17)18/h5-8H,3-4H2,1-2H3,(H,15,16)(H,17,18). The minimum Gasteiger partial charge on any atom is -0.477 e. The summed E-state index contributed by atoms with van der Waals surface area (Å²) in [6.45, 7) is 3.58. The number of aromatic nitrogens is 1. The van der Waals surface area contributed by atoms with Crippen molar-refractivity contribution in [2.75, 3.05) is 4.72 Å². The Morgan fingerprint density at radius 2 is 1.95 bits per heavy atom. The van der Waals surface area contributed by atoms with Crippen molar-refractivity contribution >= 4 is 32.5 Å². The summed E-state index contributed by atoms with van der Waals surface area (Å²) in [5.41, 5.74) is 1.35. The van der Waals surface area contributed by atoms with Crippen molar-refractivity contribution in [3.8, 4) is 0 Å². The van der Waals surface area contributed by atoms with Gasteiger partial charge >= 0.3 is 5.97 Å². The predicted molar refractivity (Wildman–Crippen MR) is 85.1 cm³/mol. The summed E-state index contributed by atoms with van der Waals surface area (Å²) in [5.74, 6) is -1.12. The van der Waals surface area contributed by atoms with Crippen molar-refractivity contribution in [3.05, 3.63) is 40.4 Å². The summed E-state index contributed by atoms with van der Waals surface area (Å²) in [5, 5.41) is 9.02. The molecule has 118 valence electrons. The van der Waals surface area contributed by atoms with E-state index in [1.54, 1.807) is 12.1 Å². The van der Waals surface area contributed by atoms with Crippen molar-refractivity contribution < 1.29 is 18.3 Å². The highest BCUT2D eigenvalue weighted by molar-refractivity contribution is 7.93. The molecular formula is C14H16N2O4S2. The number of benzene rings is 1. The zero-order chi connectivity index (χ0) is 16.3. The number of sulfonamides is 1. The number of hydrogen-bond donors (Lipinski definition) is 2. The maximum absolute atomic E-state index is 12.3. The highest BCUT2D eigenvalue weighted by Gasteiger charge is 2.19. The lowest BCUT2D eigenvalue weighted by Gasteiger charge is -2.06. The molecule has 0 fully saturated rings. The van der Waals surface area contributed by atoms with Gasteiger partial charge in [0.1, 0.15) is 4.88 Å². The Bertz CT molecular complexity index is 780. The number of anilines is 1. The molecule has 0 atom stereocenters. The topological polar surface area (TPSA) is 96.4 Å². The van der Waals surface area contributed by atoms with Crippen molar-refractivity contribution in [2.24, 2.45) is 0 Å². The zero-order valence-corrected chi connectivity index (χ0v) is 13.8. The Labute approximate surface area is 132 Å². The fourth-order valence-corrected chi connectivity index (χ4v) is 3.98. The molecule has 0 saturated carbocycles. The highest BCUT2D eigenvalue weighted by atomic mass is 32.2. The molecule has 0 amide bonds. The fraction of sp³-hybridized carbons (Fsp3) is 0.286. The van der Waals surface area contributed by atoms with Crippen LogP contribution in [0.5, 0.6) is 0 Å². The van der Waals surface area contributed by atoms with Gasteiger partial charge in [0.05, 0.1) is 10.6 Å². The lowest BCUT2D eigenvalue weighted by atomic mass is 10.1. The highest BCUT2D eigenvalue weighted by Crippen LogP contribution is 2.25. The Morgan fingerprint density at radius 1 is 1.32 bits per heavy atom. The predicted octanol–water partition coefficient (Wildman–Crippen LogP) is 2.90. The van der Waals surface area contributed by atoms with Crippen LogP contribution in [0, 0.1) is 6.92 Å². The van der Waals surface area contributed by atoms with Gasteiger partial charge in [-0.3, -0.25) is 4.72 Å². The molecule has 0 bridgehead atoms. The molecule has 0 aliphatic carbocycles. The normalized spacial score (nSPS) is 11.4. The van der Waals surface area contributed by atoms with E-state index in [-0.39, 0.29) is 20.6 Å². The number of carboxylic acid groups (broad SMARTS) is 1. The molecule has 0 unspecified atom stereocenters. The first kappa shape index (κ1) is 16.4. The average Bonchev–Trinajstić information content (AvgIpc) is 2.80. The van der Waals surface area contributed by atoms with Gasteiger partial charge < -0.3 is 5.11 Å². The summed E-state index contributed by atoms with van der Waals surface area (Å²) < 4.78 is 26.9. The van der Waals surface area contributed by atoms with E-state index in [1.807, 2.05) is 0 Å². The Hall–Kier alpha value is -1.93. The largest absolute Gasteiger partial charge is 0.477 e. The average molecular weight is 340 g/mol. The van der Waals surface area contributed by atoms with Crippen molar-refractivity contribution in [1.29, 1.82) is 0 Å². The van der Waals surface area contributed by atoms with E-state index in [1.165, 1.54) is 19.1 Å². The maximum atomic E-state index is 12.3. The van der Waals surface area contributed by atoms with Gasteiger partial charge in [-0.15, -0.1) is 0 Å².